The van der Waals surface area contributed by atoms with Crippen molar-refractivity contribution in [2.24, 2.45) is 0 Å². The molecule has 6 nitrogen and oxygen atoms in total. The Morgan fingerprint density at radius 3 is 2.94 bits per heavy atom. The van der Waals surface area contributed by atoms with E-state index in [1.54, 1.807) is 0 Å². The molecule has 0 unspecified atom stereocenters. The number of urea groups is 1. The second-order valence-corrected chi connectivity index (χ2v) is 6.36. The molecule has 2 fully saturated rings. The number of methoxy groups -OCH3 is 1. The quantitative estimate of drug-likeness (QED) is 0.416. The zero-order valence-corrected chi connectivity index (χ0v) is 11.1. The maximum atomic E-state index is 11.9. The summed E-state index contributed by atoms with van der Waals surface area (Å²) in [5, 5.41) is 5.61. The van der Waals surface area contributed by atoms with Crippen LogP contribution in [0.5, 0.6) is 0 Å². The molecule has 2 aliphatic rings. The molecule has 2 N–H and O–H groups in total. The van der Waals surface area contributed by atoms with Crippen molar-refractivity contribution in [3.63, 3.8) is 0 Å². The minimum Gasteiger partial charge on any atom is -0.469 e. The van der Waals surface area contributed by atoms with E-state index in [1.807, 2.05) is 0 Å². The Balaban J connectivity index is 1.76. The van der Waals surface area contributed by atoms with E-state index >= 15 is 0 Å². The molecule has 0 aromatic rings. The van der Waals surface area contributed by atoms with Crippen LogP contribution in [-0.4, -0.2) is 46.4 Å². The van der Waals surface area contributed by atoms with Crippen LogP contribution in [-0.2, 0) is 20.3 Å². The number of hydrogen-bond donors (Lipinski definition) is 2. The maximum absolute atomic E-state index is 11.9. The van der Waals surface area contributed by atoms with Gasteiger partial charge in [0.25, 0.3) is 0 Å². The normalized spacial score (nSPS) is 33.7. The van der Waals surface area contributed by atoms with Crippen LogP contribution < -0.4 is 10.6 Å². The molecular formula is C11H18N2O4S. The van der Waals surface area contributed by atoms with Gasteiger partial charge in [0, 0.05) is 23.0 Å². The fourth-order valence-electron chi connectivity index (χ4n) is 2.54. The van der Waals surface area contributed by atoms with E-state index < -0.39 is 10.8 Å². The average Bonchev–Trinajstić information content (AvgIpc) is 2.81. The Morgan fingerprint density at radius 2 is 2.22 bits per heavy atom. The lowest BCUT2D eigenvalue weighted by Crippen LogP contribution is -2.38. The van der Waals surface area contributed by atoms with Gasteiger partial charge in [-0.3, -0.25) is 9.00 Å². The molecule has 4 atom stereocenters. The van der Waals surface area contributed by atoms with Crippen LogP contribution in [0.25, 0.3) is 0 Å². The Bertz CT molecular complexity index is 374. The maximum Gasteiger partial charge on any atom is 0.315 e. The van der Waals surface area contributed by atoms with Gasteiger partial charge in [-0.25, -0.2) is 4.79 Å². The van der Waals surface area contributed by atoms with Crippen molar-refractivity contribution >= 4 is 22.8 Å². The number of carbonyl (C=O) groups is 2. The molecule has 2 rings (SSSR count). The summed E-state index contributed by atoms with van der Waals surface area (Å²) in [6.07, 6.45) is 2.73. The van der Waals surface area contributed by atoms with Crippen LogP contribution in [0.4, 0.5) is 4.79 Å². The average molecular weight is 274 g/mol. The molecule has 18 heavy (non-hydrogen) atoms. The Morgan fingerprint density at radius 1 is 1.44 bits per heavy atom. The number of fused-ring (bicyclic) bond motifs is 1. The summed E-state index contributed by atoms with van der Waals surface area (Å²) < 4.78 is 16.5. The van der Waals surface area contributed by atoms with Crippen molar-refractivity contribution in [3.05, 3.63) is 0 Å². The van der Waals surface area contributed by atoms with Gasteiger partial charge in [0.2, 0.25) is 0 Å². The zero-order valence-electron chi connectivity index (χ0n) is 10.3. The van der Waals surface area contributed by atoms with Crippen molar-refractivity contribution in [2.45, 2.75) is 43.0 Å². The fourth-order valence-corrected chi connectivity index (χ4v) is 4.45. The minimum absolute atomic E-state index is 0.00365. The topological polar surface area (TPSA) is 84.5 Å². The van der Waals surface area contributed by atoms with Gasteiger partial charge in [-0.15, -0.1) is 0 Å². The van der Waals surface area contributed by atoms with Gasteiger partial charge in [-0.1, -0.05) is 6.42 Å². The van der Waals surface area contributed by atoms with E-state index in [9.17, 15) is 13.8 Å². The lowest BCUT2D eigenvalue weighted by molar-refractivity contribution is -0.140. The highest BCUT2D eigenvalue weighted by molar-refractivity contribution is 7.86. The first-order chi connectivity index (χ1) is 8.61. The van der Waals surface area contributed by atoms with Crippen LogP contribution in [0.3, 0.4) is 0 Å². The monoisotopic (exact) mass is 274 g/mol. The van der Waals surface area contributed by atoms with Gasteiger partial charge < -0.3 is 15.4 Å². The Hall–Kier alpha value is -1.11. The molecule has 102 valence electrons. The van der Waals surface area contributed by atoms with E-state index in [2.05, 4.69) is 15.4 Å². The van der Waals surface area contributed by atoms with E-state index in [-0.39, 0.29) is 29.3 Å². The minimum atomic E-state index is -0.894. The molecule has 2 amide bonds. The molecule has 2 heterocycles. The third kappa shape index (κ3) is 2.82. The van der Waals surface area contributed by atoms with Gasteiger partial charge in [-0.2, -0.15) is 0 Å². The van der Waals surface area contributed by atoms with Crippen molar-refractivity contribution in [2.75, 3.05) is 12.9 Å². The van der Waals surface area contributed by atoms with Crippen molar-refractivity contribution in [1.29, 1.82) is 0 Å². The predicted molar refractivity (Wildman–Crippen MR) is 66.5 cm³/mol. The second kappa shape index (κ2) is 5.69. The van der Waals surface area contributed by atoms with E-state index in [0.717, 1.165) is 19.3 Å². The van der Waals surface area contributed by atoms with E-state index in [0.29, 0.717) is 12.2 Å². The molecule has 0 saturated carbocycles. The SMILES string of the molecule is COC(=O)CCCC[C@H]1[C@H]2NC(=O)N[C@@H]2C[S@]1=O. The standard InChI is InChI=1S/C11H18N2O4S/c1-17-9(14)5-3-2-4-8-10-7(6-18(8)16)12-11(15)13-10/h7-8,10H,2-6H2,1H3,(H2,12,13,15)/t7-,8+,10+,18-/m1/s1. The number of esters is 1. The molecule has 0 spiro atoms. The molecule has 0 radical (unpaired) electrons. The number of rotatable bonds is 5. The largest absolute Gasteiger partial charge is 0.469 e. The summed E-state index contributed by atoms with van der Waals surface area (Å²) in [6, 6.07) is -0.179. The van der Waals surface area contributed by atoms with Gasteiger partial charge >= 0.3 is 12.0 Å². The van der Waals surface area contributed by atoms with Gasteiger partial charge in [0.05, 0.1) is 24.4 Å². The molecular weight excluding hydrogens is 256 g/mol. The van der Waals surface area contributed by atoms with E-state index in [4.69, 9.17) is 0 Å². The highest BCUT2D eigenvalue weighted by atomic mass is 32.2. The number of ether oxygens (including phenoxy) is 1. The highest BCUT2D eigenvalue weighted by Crippen LogP contribution is 2.25. The van der Waals surface area contributed by atoms with Crippen molar-refractivity contribution in [3.8, 4) is 0 Å². The molecule has 0 bridgehead atoms. The third-order valence-electron chi connectivity index (χ3n) is 3.48. The third-order valence-corrected chi connectivity index (χ3v) is 5.37. The number of unbranched alkanes of at least 4 members (excludes halogenated alkanes) is 1. The highest BCUT2D eigenvalue weighted by Gasteiger charge is 2.46. The summed E-state index contributed by atoms with van der Waals surface area (Å²) in [7, 11) is 0.480. The number of hydrogen-bond acceptors (Lipinski definition) is 4. The predicted octanol–water partition coefficient (Wildman–Crippen LogP) is -0.0993. The van der Waals surface area contributed by atoms with Crippen LogP contribution in [0, 0.1) is 0 Å². The van der Waals surface area contributed by atoms with Crippen molar-refractivity contribution in [1.82, 2.24) is 10.6 Å². The second-order valence-electron chi connectivity index (χ2n) is 4.66. The Kier molecular flexibility index (Phi) is 4.21. The molecule has 0 aromatic heterocycles. The van der Waals surface area contributed by atoms with Gasteiger partial charge in [-0.05, 0) is 12.8 Å². The smallest absolute Gasteiger partial charge is 0.315 e. The summed E-state index contributed by atoms with van der Waals surface area (Å²) in [6.45, 7) is 0. The summed E-state index contributed by atoms with van der Waals surface area (Å²) in [5.41, 5.74) is 0. The molecule has 2 saturated heterocycles. The van der Waals surface area contributed by atoms with E-state index in [1.165, 1.54) is 7.11 Å². The summed E-state index contributed by atoms with van der Waals surface area (Å²) in [5.74, 6) is 0.321. The van der Waals surface area contributed by atoms with Crippen LogP contribution >= 0.6 is 0 Å². The van der Waals surface area contributed by atoms with Crippen LogP contribution in [0.2, 0.25) is 0 Å². The zero-order chi connectivity index (χ0) is 13.1. The molecule has 7 heteroatoms. The first kappa shape index (κ1) is 13.3. The number of carbonyl (C=O) groups excluding carboxylic acids is 2. The van der Waals surface area contributed by atoms with Crippen LogP contribution in [0.15, 0.2) is 0 Å². The lowest BCUT2D eigenvalue weighted by Gasteiger charge is -2.15. The number of amides is 2. The first-order valence-corrected chi connectivity index (χ1v) is 7.51. The lowest BCUT2D eigenvalue weighted by atomic mass is 10.0. The summed E-state index contributed by atoms with van der Waals surface area (Å²) >= 11 is 0. The molecule has 2 aliphatic heterocycles. The van der Waals surface area contributed by atoms with Crippen LogP contribution in [0.1, 0.15) is 25.7 Å². The summed E-state index contributed by atoms with van der Waals surface area (Å²) in [4.78, 5) is 22.1. The number of nitrogens with one attached hydrogen (secondary N) is 2. The van der Waals surface area contributed by atoms with Gasteiger partial charge in [0.1, 0.15) is 0 Å². The molecule has 0 aliphatic carbocycles. The fraction of sp³-hybridized carbons (Fsp3) is 0.818. The Labute approximate surface area is 108 Å². The molecule has 0 aromatic carbocycles. The van der Waals surface area contributed by atoms with Gasteiger partial charge in [0.15, 0.2) is 0 Å². The first-order valence-electron chi connectivity index (χ1n) is 6.13. The van der Waals surface area contributed by atoms with Crippen molar-refractivity contribution < 1.29 is 18.5 Å².